The minimum atomic E-state index is -1.07. The third-order valence-electron chi connectivity index (χ3n) is 1.74. The van der Waals surface area contributed by atoms with Crippen LogP contribution in [0.5, 0.6) is 0 Å². The van der Waals surface area contributed by atoms with E-state index in [2.05, 4.69) is 11.9 Å². The lowest BCUT2D eigenvalue weighted by Crippen LogP contribution is -2.37. The summed E-state index contributed by atoms with van der Waals surface area (Å²) in [5, 5.41) is 2.47. The quantitative estimate of drug-likeness (QED) is 0.283. The lowest BCUT2D eigenvalue weighted by molar-refractivity contribution is -0.146. The number of esters is 1. The minimum absolute atomic E-state index is 0.0235. The predicted octanol–water partition coefficient (Wildman–Crippen LogP) is -1.58. The second-order valence-corrected chi connectivity index (χ2v) is 3.48. The molecule has 0 saturated heterocycles. The van der Waals surface area contributed by atoms with Gasteiger partial charge in [0.1, 0.15) is 12.6 Å². The van der Waals surface area contributed by atoms with E-state index in [1.807, 2.05) is 0 Å². The summed E-state index contributed by atoms with van der Waals surface area (Å²) in [5.41, 5.74) is 10.6. The van der Waals surface area contributed by atoms with Gasteiger partial charge in [-0.05, 0) is 6.92 Å². The number of carbonyl (C=O) groups is 3. The van der Waals surface area contributed by atoms with Crippen molar-refractivity contribution in [3.05, 3.63) is 12.2 Å². The Bertz CT molecular complexity index is 328. The smallest absolute Gasteiger partial charge is 0.323 e. The molecule has 17 heavy (non-hydrogen) atoms. The molecule has 0 unspecified atom stereocenters. The van der Waals surface area contributed by atoms with E-state index in [1.165, 1.54) is 0 Å². The van der Waals surface area contributed by atoms with Crippen molar-refractivity contribution in [3.63, 3.8) is 0 Å². The maximum atomic E-state index is 11.2. The summed E-state index contributed by atoms with van der Waals surface area (Å²) < 4.78 is 4.72. The van der Waals surface area contributed by atoms with Crippen LogP contribution in [0.2, 0.25) is 0 Å². The van der Waals surface area contributed by atoms with E-state index in [1.54, 1.807) is 6.92 Å². The number of hydrogen-bond donors (Lipinski definition) is 3. The molecule has 0 spiro atoms. The van der Waals surface area contributed by atoms with Gasteiger partial charge in [-0.15, -0.1) is 0 Å². The highest BCUT2D eigenvalue weighted by Gasteiger charge is 2.17. The van der Waals surface area contributed by atoms with Crippen LogP contribution in [0.25, 0.3) is 0 Å². The molecule has 96 valence electrons. The Balaban J connectivity index is 3.75. The zero-order valence-corrected chi connectivity index (χ0v) is 9.69. The summed E-state index contributed by atoms with van der Waals surface area (Å²) in [4.78, 5) is 32.7. The summed E-state index contributed by atoms with van der Waals surface area (Å²) in [6.45, 7) is 5.13. The molecule has 0 aliphatic heterocycles. The summed E-state index contributed by atoms with van der Waals surface area (Å²) in [6.07, 6.45) is -0.267. The van der Waals surface area contributed by atoms with Gasteiger partial charge < -0.3 is 21.5 Å². The van der Waals surface area contributed by atoms with Crippen molar-refractivity contribution in [1.29, 1.82) is 0 Å². The zero-order valence-electron chi connectivity index (χ0n) is 9.69. The van der Waals surface area contributed by atoms with E-state index in [0.717, 1.165) is 0 Å². The number of primary amides is 1. The Morgan fingerprint density at radius 1 is 1.41 bits per heavy atom. The van der Waals surface area contributed by atoms with Gasteiger partial charge in [-0.1, -0.05) is 6.58 Å². The molecule has 0 bridgehead atoms. The van der Waals surface area contributed by atoms with Crippen LogP contribution in [-0.4, -0.2) is 37.0 Å². The molecule has 7 heteroatoms. The predicted molar refractivity (Wildman–Crippen MR) is 60.6 cm³/mol. The molecule has 0 saturated carbocycles. The van der Waals surface area contributed by atoms with E-state index in [4.69, 9.17) is 16.2 Å². The van der Waals surface area contributed by atoms with Crippen LogP contribution in [0.15, 0.2) is 12.2 Å². The number of amides is 2. The monoisotopic (exact) mass is 243 g/mol. The molecule has 1 atom stereocenters. The highest BCUT2D eigenvalue weighted by Crippen LogP contribution is 1.91. The van der Waals surface area contributed by atoms with Gasteiger partial charge in [0.15, 0.2) is 0 Å². The van der Waals surface area contributed by atoms with Crippen LogP contribution in [0.1, 0.15) is 13.3 Å². The second-order valence-electron chi connectivity index (χ2n) is 3.48. The van der Waals surface area contributed by atoms with E-state index in [0.29, 0.717) is 5.57 Å². The molecular formula is C10H17N3O4. The van der Waals surface area contributed by atoms with Crippen LogP contribution < -0.4 is 16.8 Å². The van der Waals surface area contributed by atoms with Gasteiger partial charge in [0, 0.05) is 5.57 Å². The van der Waals surface area contributed by atoms with Crippen molar-refractivity contribution in [1.82, 2.24) is 5.32 Å². The number of carbonyl (C=O) groups excluding carboxylic acids is 3. The number of rotatable bonds is 7. The van der Waals surface area contributed by atoms with Gasteiger partial charge >= 0.3 is 5.97 Å². The molecule has 0 rings (SSSR count). The standard InChI is InChI=1S/C10H17N3O4/c1-6(2)9(15)13-3-4-17-10(16)7(11)5-8(12)14/h7H,1,3-5,11H2,2H3,(H2,12,14)(H,13,15)/t7-/m0/s1. The molecule has 0 aromatic heterocycles. The van der Waals surface area contributed by atoms with Gasteiger partial charge in [-0.2, -0.15) is 0 Å². The van der Waals surface area contributed by atoms with E-state index < -0.39 is 17.9 Å². The third kappa shape index (κ3) is 7.07. The van der Waals surface area contributed by atoms with Crippen molar-refractivity contribution >= 4 is 17.8 Å². The van der Waals surface area contributed by atoms with Gasteiger partial charge in [0.2, 0.25) is 11.8 Å². The van der Waals surface area contributed by atoms with Crippen molar-refractivity contribution in [2.24, 2.45) is 11.5 Å². The molecule has 0 fully saturated rings. The largest absolute Gasteiger partial charge is 0.463 e. The first kappa shape index (κ1) is 15.1. The Kier molecular flexibility index (Phi) is 6.57. The van der Waals surface area contributed by atoms with Crippen LogP contribution in [0.4, 0.5) is 0 Å². The topological polar surface area (TPSA) is 125 Å². The first-order valence-electron chi connectivity index (χ1n) is 4.98. The second kappa shape index (κ2) is 7.39. The molecule has 0 radical (unpaired) electrons. The lowest BCUT2D eigenvalue weighted by atomic mass is 10.2. The number of ether oxygens (including phenoxy) is 1. The summed E-state index contributed by atoms with van der Waals surface area (Å²) in [5.74, 6) is -1.72. The van der Waals surface area contributed by atoms with Gasteiger partial charge in [0.25, 0.3) is 0 Å². The molecule has 2 amide bonds. The Morgan fingerprint density at radius 2 is 2.00 bits per heavy atom. The highest BCUT2D eigenvalue weighted by molar-refractivity contribution is 5.92. The van der Waals surface area contributed by atoms with Gasteiger partial charge in [0.05, 0.1) is 13.0 Å². The van der Waals surface area contributed by atoms with Crippen molar-refractivity contribution in [3.8, 4) is 0 Å². The fraction of sp³-hybridized carbons (Fsp3) is 0.500. The van der Waals surface area contributed by atoms with E-state index in [-0.39, 0.29) is 25.5 Å². The summed E-state index contributed by atoms with van der Waals surface area (Å²) >= 11 is 0. The van der Waals surface area contributed by atoms with Crippen LogP contribution >= 0.6 is 0 Å². The Hall–Kier alpha value is -1.89. The third-order valence-corrected chi connectivity index (χ3v) is 1.74. The molecule has 0 aromatic carbocycles. The maximum absolute atomic E-state index is 11.2. The first-order valence-corrected chi connectivity index (χ1v) is 4.98. The fourth-order valence-corrected chi connectivity index (χ4v) is 0.874. The van der Waals surface area contributed by atoms with E-state index >= 15 is 0 Å². The van der Waals surface area contributed by atoms with Crippen LogP contribution in [-0.2, 0) is 19.1 Å². The van der Waals surface area contributed by atoms with Crippen LogP contribution in [0.3, 0.4) is 0 Å². The van der Waals surface area contributed by atoms with Crippen molar-refractivity contribution < 1.29 is 19.1 Å². The van der Waals surface area contributed by atoms with Crippen LogP contribution in [0, 0.1) is 0 Å². The average molecular weight is 243 g/mol. The number of nitrogens with two attached hydrogens (primary N) is 2. The Morgan fingerprint density at radius 3 is 2.47 bits per heavy atom. The zero-order chi connectivity index (χ0) is 13.4. The lowest BCUT2D eigenvalue weighted by Gasteiger charge is -2.10. The molecular weight excluding hydrogens is 226 g/mol. The summed E-state index contributed by atoms with van der Waals surface area (Å²) in [7, 11) is 0. The normalized spacial score (nSPS) is 11.4. The average Bonchev–Trinajstić information content (AvgIpc) is 2.22. The number of nitrogens with one attached hydrogen (secondary N) is 1. The van der Waals surface area contributed by atoms with E-state index in [9.17, 15) is 14.4 Å². The molecule has 0 aliphatic rings. The Labute approximate surface area is 99.2 Å². The number of hydrogen-bond acceptors (Lipinski definition) is 5. The minimum Gasteiger partial charge on any atom is -0.463 e. The van der Waals surface area contributed by atoms with Gasteiger partial charge in [-0.25, -0.2) is 0 Å². The highest BCUT2D eigenvalue weighted by atomic mass is 16.5. The van der Waals surface area contributed by atoms with Gasteiger partial charge in [-0.3, -0.25) is 14.4 Å². The summed E-state index contributed by atoms with van der Waals surface area (Å²) in [6, 6.07) is -1.07. The fourth-order valence-electron chi connectivity index (χ4n) is 0.874. The molecule has 0 heterocycles. The molecule has 0 aliphatic carbocycles. The van der Waals surface area contributed by atoms with Crippen molar-refractivity contribution in [2.45, 2.75) is 19.4 Å². The molecule has 0 aromatic rings. The first-order chi connectivity index (χ1) is 7.84. The SMILES string of the molecule is C=C(C)C(=O)NCCOC(=O)[C@@H](N)CC(N)=O. The molecule has 7 nitrogen and oxygen atoms in total. The molecule has 5 N–H and O–H groups in total. The maximum Gasteiger partial charge on any atom is 0.323 e. The van der Waals surface area contributed by atoms with Crippen molar-refractivity contribution in [2.75, 3.05) is 13.2 Å².